The van der Waals surface area contributed by atoms with Gasteiger partial charge >= 0.3 is 0 Å². The van der Waals surface area contributed by atoms with Crippen molar-refractivity contribution in [3.8, 4) is 11.5 Å². The van der Waals surface area contributed by atoms with Crippen molar-refractivity contribution in [3.05, 3.63) is 65.7 Å². The van der Waals surface area contributed by atoms with Crippen LogP contribution < -0.4 is 14.8 Å². The Kier molecular flexibility index (Phi) is 8.98. The van der Waals surface area contributed by atoms with E-state index in [-0.39, 0.29) is 5.91 Å². The highest BCUT2D eigenvalue weighted by Crippen LogP contribution is 2.25. The van der Waals surface area contributed by atoms with Gasteiger partial charge in [0.2, 0.25) is 5.91 Å². The van der Waals surface area contributed by atoms with Crippen molar-refractivity contribution in [2.75, 3.05) is 33.9 Å². The average Bonchev–Trinajstić information content (AvgIpc) is 2.82. The van der Waals surface area contributed by atoms with E-state index in [4.69, 9.17) is 9.47 Å². The molecule has 1 aliphatic rings. The van der Waals surface area contributed by atoms with Crippen molar-refractivity contribution in [2.24, 2.45) is 5.92 Å². The summed E-state index contributed by atoms with van der Waals surface area (Å²) in [5, 5.41) is 3.03. The highest BCUT2D eigenvalue weighted by molar-refractivity contribution is 5.75. The standard InChI is InChI=1S/C26H34N2O3/c1-30-24-14-13-23(25(18-24)31-2)19-27-26(29)15-12-22-11-7-17-28(20-22)16-6-10-21-8-4-3-5-9-21/h3-6,8-10,13-14,18,22H,7,11-12,15-17,19-20H2,1-2H3,(H,27,29). The molecule has 0 aromatic heterocycles. The third-order valence-electron chi connectivity index (χ3n) is 5.83. The predicted molar refractivity (Wildman–Crippen MR) is 125 cm³/mol. The Labute approximate surface area is 186 Å². The molecular weight excluding hydrogens is 388 g/mol. The van der Waals surface area contributed by atoms with Crippen LogP contribution in [0.2, 0.25) is 0 Å². The van der Waals surface area contributed by atoms with Crippen molar-refractivity contribution >= 4 is 12.0 Å². The normalized spacial score (nSPS) is 16.9. The molecule has 0 saturated carbocycles. The molecule has 3 rings (SSSR count). The minimum Gasteiger partial charge on any atom is -0.497 e. The molecule has 1 fully saturated rings. The number of piperidine rings is 1. The minimum atomic E-state index is 0.0963. The molecule has 1 amide bonds. The first-order valence-electron chi connectivity index (χ1n) is 11.1. The van der Waals surface area contributed by atoms with Crippen molar-refractivity contribution in [3.63, 3.8) is 0 Å². The quantitative estimate of drug-likeness (QED) is 0.611. The van der Waals surface area contributed by atoms with E-state index < -0.39 is 0 Å². The van der Waals surface area contributed by atoms with E-state index in [0.717, 1.165) is 43.1 Å². The van der Waals surface area contributed by atoms with E-state index in [1.54, 1.807) is 14.2 Å². The summed E-state index contributed by atoms with van der Waals surface area (Å²) >= 11 is 0. The van der Waals surface area contributed by atoms with Gasteiger partial charge in [0.05, 0.1) is 14.2 Å². The number of carbonyl (C=O) groups excluding carboxylic acids is 1. The van der Waals surface area contributed by atoms with Gasteiger partial charge in [-0.2, -0.15) is 0 Å². The molecule has 5 heteroatoms. The third kappa shape index (κ3) is 7.44. The fourth-order valence-electron chi connectivity index (χ4n) is 4.07. The van der Waals surface area contributed by atoms with Gasteiger partial charge in [0.1, 0.15) is 11.5 Å². The SMILES string of the molecule is COc1ccc(CNC(=O)CCC2CCCN(CC=Cc3ccccc3)C2)c(OC)c1. The van der Waals surface area contributed by atoms with Gasteiger partial charge in [-0.25, -0.2) is 0 Å². The highest BCUT2D eigenvalue weighted by Gasteiger charge is 2.20. The molecule has 166 valence electrons. The maximum Gasteiger partial charge on any atom is 0.220 e. The minimum absolute atomic E-state index is 0.0963. The second-order valence-corrected chi connectivity index (χ2v) is 8.07. The zero-order valence-corrected chi connectivity index (χ0v) is 18.7. The summed E-state index contributed by atoms with van der Waals surface area (Å²) < 4.78 is 10.6. The highest BCUT2D eigenvalue weighted by atomic mass is 16.5. The fraction of sp³-hybridized carbons (Fsp3) is 0.423. The summed E-state index contributed by atoms with van der Waals surface area (Å²) in [6, 6.07) is 16.1. The Balaban J connectivity index is 1.39. The van der Waals surface area contributed by atoms with Crippen LogP contribution in [0.4, 0.5) is 0 Å². The smallest absolute Gasteiger partial charge is 0.220 e. The zero-order valence-electron chi connectivity index (χ0n) is 18.7. The van der Waals surface area contributed by atoms with Gasteiger partial charge in [0.15, 0.2) is 0 Å². The lowest BCUT2D eigenvalue weighted by molar-refractivity contribution is -0.121. The van der Waals surface area contributed by atoms with Crippen LogP contribution in [-0.4, -0.2) is 44.7 Å². The molecule has 0 radical (unpaired) electrons. The zero-order chi connectivity index (χ0) is 21.9. The second kappa shape index (κ2) is 12.2. The maximum absolute atomic E-state index is 12.4. The number of likely N-dealkylation sites (tertiary alicyclic amines) is 1. The first-order valence-corrected chi connectivity index (χ1v) is 11.1. The monoisotopic (exact) mass is 422 g/mol. The van der Waals surface area contributed by atoms with Crippen LogP contribution >= 0.6 is 0 Å². The molecule has 31 heavy (non-hydrogen) atoms. The predicted octanol–water partition coefficient (Wildman–Crippen LogP) is 4.53. The Morgan fingerprint density at radius 2 is 2.00 bits per heavy atom. The van der Waals surface area contributed by atoms with Crippen molar-refractivity contribution in [1.29, 1.82) is 0 Å². The van der Waals surface area contributed by atoms with Gasteiger partial charge in [-0.15, -0.1) is 0 Å². The van der Waals surface area contributed by atoms with Gasteiger partial charge in [0, 0.05) is 37.7 Å². The van der Waals surface area contributed by atoms with Crippen LogP contribution in [0.5, 0.6) is 11.5 Å². The van der Waals surface area contributed by atoms with E-state index in [1.807, 2.05) is 24.3 Å². The molecule has 2 aromatic rings. The molecule has 2 aromatic carbocycles. The summed E-state index contributed by atoms with van der Waals surface area (Å²) in [6.07, 6.45) is 8.34. The first-order chi connectivity index (χ1) is 15.2. The first kappa shape index (κ1) is 22.9. The van der Waals surface area contributed by atoms with Crippen molar-refractivity contribution in [1.82, 2.24) is 10.2 Å². The lowest BCUT2D eigenvalue weighted by atomic mass is 9.93. The molecule has 1 unspecified atom stereocenters. The van der Waals surface area contributed by atoms with E-state index >= 15 is 0 Å². The van der Waals surface area contributed by atoms with Crippen LogP contribution in [-0.2, 0) is 11.3 Å². The Morgan fingerprint density at radius 1 is 1.16 bits per heavy atom. The summed E-state index contributed by atoms with van der Waals surface area (Å²) in [5.41, 5.74) is 2.19. The lowest BCUT2D eigenvalue weighted by Gasteiger charge is -2.31. The molecule has 0 bridgehead atoms. The van der Waals surface area contributed by atoms with Crippen LogP contribution in [0.3, 0.4) is 0 Å². The Bertz CT molecular complexity index is 851. The summed E-state index contributed by atoms with van der Waals surface area (Å²) in [5.74, 6) is 2.15. The number of hydrogen-bond donors (Lipinski definition) is 1. The largest absolute Gasteiger partial charge is 0.497 e. The van der Waals surface area contributed by atoms with Gasteiger partial charge in [-0.1, -0.05) is 42.5 Å². The van der Waals surface area contributed by atoms with Crippen LogP contribution in [0.1, 0.15) is 36.8 Å². The topological polar surface area (TPSA) is 50.8 Å². The summed E-state index contributed by atoms with van der Waals surface area (Å²) in [7, 11) is 3.26. The number of benzene rings is 2. The number of rotatable bonds is 10. The molecule has 1 N–H and O–H groups in total. The number of ether oxygens (including phenoxy) is 2. The lowest BCUT2D eigenvalue weighted by Crippen LogP contribution is -2.36. The van der Waals surface area contributed by atoms with E-state index in [1.165, 1.54) is 18.4 Å². The van der Waals surface area contributed by atoms with Crippen LogP contribution in [0.25, 0.3) is 6.08 Å². The van der Waals surface area contributed by atoms with Gasteiger partial charge in [-0.3, -0.25) is 9.69 Å². The summed E-state index contributed by atoms with van der Waals surface area (Å²) in [4.78, 5) is 14.9. The molecule has 0 spiro atoms. The Hall–Kier alpha value is -2.79. The number of nitrogens with zero attached hydrogens (tertiary/aromatic N) is 1. The molecule has 1 heterocycles. The molecule has 1 saturated heterocycles. The second-order valence-electron chi connectivity index (χ2n) is 8.07. The van der Waals surface area contributed by atoms with E-state index in [2.05, 4.69) is 46.6 Å². The van der Waals surface area contributed by atoms with Gasteiger partial charge < -0.3 is 14.8 Å². The Morgan fingerprint density at radius 3 is 2.77 bits per heavy atom. The molecule has 5 nitrogen and oxygen atoms in total. The van der Waals surface area contributed by atoms with Crippen molar-refractivity contribution in [2.45, 2.75) is 32.2 Å². The molecule has 1 aliphatic heterocycles. The van der Waals surface area contributed by atoms with E-state index in [9.17, 15) is 4.79 Å². The third-order valence-corrected chi connectivity index (χ3v) is 5.83. The van der Waals surface area contributed by atoms with E-state index in [0.29, 0.717) is 18.9 Å². The van der Waals surface area contributed by atoms with Gasteiger partial charge in [0.25, 0.3) is 0 Å². The van der Waals surface area contributed by atoms with Crippen LogP contribution in [0.15, 0.2) is 54.6 Å². The number of hydrogen-bond acceptors (Lipinski definition) is 4. The average molecular weight is 423 g/mol. The molecular formula is C26H34N2O3. The van der Waals surface area contributed by atoms with Gasteiger partial charge in [-0.05, 0) is 49.4 Å². The van der Waals surface area contributed by atoms with Crippen molar-refractivity contribution < 1.29 is 14.3 Å². The number of nitrogens with one attached hydrogen (secondary N) is 1. The fourth-order valence-corrected chi connectivity index (χ4v) is 4.07. The number of methoxy groups -OCH3 is 2. The summed E-state index contributed by atoms with van der Waals surface area (Å²) in [6.45, 7) is 3.64. The number of amides is 1. The maximum atomic E-state index is 12.4. The molecule has 0 aliphatic carbocycles. The van der Waals surface area contributed by atoms with Crippen LogP contribution in [0, 0.1) is 5.92 Å². The molecule has 1 atom stereocenters. The number of carbonyl (C=O) groups is 1.